The summed E-state index contributed by atoms with van der Waals surface area (Å²) in [6.07, 6.45) is 3.14. The van der Waals surface area contributed by atoms with Gasteiger partial charge in [-0.2, -0.15) is 5.26 Å². The van der Waals surface area contributed by atoms with E-state index in [1.54, 1.807) is 48.5 Å². The number of ether oxygens (including phenoxy) is 1. The molecule has 0 fully saturated rings. The molecule has 0 spiro atoms. The average Bonchev–Trinajstić information content (AvgIpc) is 2.53. The lowest BCUT2D eigenvalue weighted by Gasteiger charge is -2.05. The van der Waals surface area contributed by atoms with Gasteiger partial charge in [0.25, 0.3) is 0 Å². The maximum Gasteiger partial charge on any atom is 0.189 e. The summed E-state index contributed by atoms with van der Waals surface area (Å²) in [6.45, 7) is 0. The molecule has 0 atom stereocenters. The highest BCUT2D eigenvalue weighted by Gasteiger charge is 2.10. The Bertz CT molecular complexity index is 727. The van der Waals surface area contributed by atoms with Crippen LogP contribution in [0.5, 0.6) is 5.75 Å². The first-order valence-electron chi connectivity index (χ1n) is 6.20. The van der Waals surface area contributed by atoms with Crippen molar-refractivity contribution in [2.75, 3.05) is 7.11 Å². The molecule has 0 heterocycles. The molecule has 2 aromatic carbocycles. The fourth-order valence-corrected chi connectivity index (χ4v) is 1.98. The van der Waals surface area contributed by atoms with Gasteiger partial charge in [0.2, 0.25) is 0 Å². The lowest BCUT2D eigenvalue weighted by Crippen LogP contribution is -1.98. The second kappa shape index (κ2) is 6.74. The minimum absolute atomic E-state index is 0.196. The highest BCUT2D eigenvalue weighted by atomic mass is 35.5. The minimum Gasteiger partial charge on any atom is -0.496 e. The third-order valence-electron chi connectivity index (χ3n) is 2.89. The maximum absolute atomic E-state index is 12.2. The number of hydrogen-bond acceptors (Lipinski definition) is 3. The Morgan fingerprint density at radius 1 is 1.24 bits per heavy atom. The molecule has 104 valence electrons. The molecule has 0 aliphatic rings. The van der Waals surface area contributed by atoms with E-state index in [1.165, 1.54) is 13.2 Å². The standard InChI is InChI=1S/C17H12ClNO2/c1-21-17-9-7-14(18)10-15(17)16(20)8-6-12-2-4-13(11-19)5-3-12/h2-10H,1H3/b8-6+. The van der Waals surface area contributed by atoms with Gasteiger partial charge in [-0.25, -0.2) is 0 Å². The van der Waals surface area contributed by atoms with Crippen LogP contribution in [0.4, 0.5) is 0 Å². The van der Waals surface area contributed by atoms with E-state index in [0.29, 0.717) is 21.9 Å². The number of methoxy groups -OCH3 is 1. The molecule has 2 aromatic rings. The number of halogens is 1. The number of allylic oxidation sites excluding steroid dienone is 1. The first-order valence-corrected chi connectivity index (χ1v) is 6.58. The van der Waals surface area contributed by atoms with Crippen molar-refractivity contribution in [3.05, 3.63) is 70.3 Å². The van der Waals surface area contributed by atoms with Gasteiger partial charge in [-0.05, 0) is 42.0 Å². The van der Waals surface area contributed by atoms with Crippen molar-refractivity contribution in [3.8, 4) is 11.8 Å². The van der Waals surface area contributed by atoms with Gasteiger partial charge in [-0.3, -0.25) is 4.79 Å². The van der Waals surface area contributed by atoms with E-state index in [2.05, 4.69) is 0 Å². The van der Waals surface area contributed by atoms with E-state index in [9.17, 15) is 4.79 Å². The zero-order valence-corrected chi connectivity index (χ0v) is 12.1. The van der Waals surface area contributed by atoms with E-state index in [4.69, 9.17) is 21.6 Å². The molecule has 2 rings (SSSR count). The summed E-state index contributed by atoms with van der Waals surface area (Å²) in [5.74, 6) is 0.285. The quantitative estimate of drug-likeness (QED) is 0.630. The van der Waals surface area contributed by atoms with Crippen LogP contribution in [0, 0.1) is 11.3 Å². The molecule has 0 amide bonds. The monoisotopic (exact) mass is 297 g/mol. The van der Waals surface area contributed by atoms with Crippen LogP contribution in [-0.4, -0.2) is 12.9 Å². The van der Waals surface area contributed by atoms with E-state index in [0.717, 1.165) is 5.56 Å². The van der Waals surface area contributed by atoms with E-state index in [1.807, 2.05) is 6.07 Å². The summed E-state index contributed by atoms with van der Waals surface area (Å²) in [4.78, 5) is 12.2. The number of benzene rings is 2. The largest absolute Gasteiger partial charge is 0.496 e. The lowest BCUT2D eigenvalue weighted by atomic mass is 10.1. The molecule has 0 aliphatic carbocycles. The highest BCUT2D eigenvalue weighted by Crippen LogP contribution is 2.23. The molecule has 0 aromatic heterocycles. The van der Waals surface area contributed by atoms with Gasteiger partial charge in [0.15, 0.2) is 5.78 Å². The molecule has 0 aliphatic heterocycles. The second-order valence-corrected chi connectivity index (χ2v) is 4.71. The Labute approximate surface area is 128 Å². The number of carbonyl (C=O) groups is 1. The summed E-state index contributed by atoms with van der Waals surface area (Å²) in [6, 6.07) is 13.9. The van der Waals surface area contributed by atoms with Crippen LogP contribution in [0.3, 0.4) is 0 Å². The van der Waals surface area contributed by atoms with Gasteiger partial charge >= 0.3 is 0 Å². The number of hydrogen-bond donors (Lipinski definition) is 0. The molecule has 0 unspecified atom stereocenters. The predicted molar refractivity (Wildman–Crippen MR) is 82.5 cm³/mol. The van der Waals surface area contributed by atoms with Gasteiger partial charge in [0.05, 0.1) is 24.3 Å². The first kappa shape index (κ1) is 14.8. The summed E-state index contributed by atoms with van der Waals surface area (Å²) < 4.78 is 5.15. The molecule has 0 saturated heterocycles. The van der Waals surface area contributed by atoms with Crippen molar-refractivity contribution in [3.63, 3.8) is 0 Å². The van der Waals surface area contributed by atoms with Crippen LogP contribution in [-0.2, 0) is 0 Å². The number of nitrogens with zero attached hydrogens (tertiary/aromatic N) is 1. The Balaban J connectivity index is 2.22. The fourth-order valence-electron chi connectivity index (χ4n) is 1.80. The van der Waals surface area contributed by atoms with Gasteiger partial charge in [0.1, 0.15) is 5.75 Å². The lowest BCUT2D eigenvalue weighted by molar-refractivity contribution is 0.104. The van der Waals surface area contributed by atoms with E-state index in [-0.39, 0.29) is 5.78 Å². The van der Waals surface area contributed by atoms with Crippen molar-refractivity contribution in [1.29, 1.82) is 5.26 Å². The molecular weight excluding hydrogens is 286 g/mol. The second-order valence-electron chi connectivity index (χ2n) is 4.28. The van der Waals surface area contributed by atoms with Crippen LogP contribution >= 0.6 is 11.6 Å². The van der Waals surface area contributed by atoms with Crippen LogP contribution in [0.15, 0.2) is 48.5 Å². The fraction of sp³-hybridized carbons (Fsp3) is 0.0588. The molecule has 0 saturated carbocycles. The Morgan fingerprint density at radius 3 is 2.57 bits per heavy atom. The molecule has 4 heteroatoms. The number of ketones is 1. The summed E-state index contributed by atoms with van der Waals surface area (Å²) >= 11 is 5.91. The normalized spacial score (nSPS) is 10.3. The Kier molecular flexibility index (Phi) is 4.76. The third-order valence-corrected chi connectivity index (χ3v) is 3.13. The zero-order valence-electron chi connectivity index (χ0n) is 11.3. The van der Waals surface area contributed by atoms with Crippen LogP contribution < -0.4 is 4.74 Å². The Morgan fingerprint density at radius 2 is 1.95 bits per heavy atom. The van der Waals surface area contributed by atoms with Crippen molar-refractivity contribution in [1.82, 2.24) is 0 Å². The van der Waals surface area contributed by atoms with Crippen LogP contribution in [0.1, 0.15) is 21.5 Å². The average molecular weight is 298 g/mol. The summed E-state index contributed by atoms with van der Waals surface area (Å²) in [5, 5.41) is 9.21. The van der Waals surface area contributed by atoms with Gasteiger partial charge in [0, 0.05) is 5.02 Å². The van der Waals surface area contributed by atoms with Crippen molar-refractivity contribution >= 4 is 23.5 Å². The Hall–Kier alpha value is -2.57. The minimum atomic E-state index is -0.196. The smallest absolute Gasteiger partial charge is 0.189 e. The summed E-state index contributed by atoms with van der Waals surface area (Å²) in [5.41, 5.74) is 1.83. The third kappa shape index (κ3) is 3.71. The van der Waals surface area contributed by atoms with Crippen LogP contribution in [0.25, 0.3) is 6.08 Å². The molecule has 21 heavy (non-hydrogen) atoms. The molecule has 3 nitrogen and oxygen atoms in total. The van der Waals surface area contributed by atoms with E-state index < -0.39 is 0 Å². The van der Waals surface area contributed by atoms with E-state index >= 15 is 0 Å². The first-order chi connectivity index (χ1) is 10.1. The predicted octanol–water partition coefficient (Wildman–Crippen LogP) is 4.12. The van der Waals surface area contributed by atoms with Gasteiger partial charge < -0.3 is 4.74 Å². The number of carbonyl (C=O) groups excluding carboxylic acids is 1. The SMILES string of the molecule is COc1ccc(Cl)cc1C(=O)/C=C/c1ccc(C#N)cc1. The summed E-state index contributed by atoms with van der Waals surface area (Å²) in [7, 11) is 1.50. The molecule has 0 radical (unpaired) electrons. The van der Waals surface area contributed by atoms with Crippen LogP contribution in [0.2, 0.25) is 5.02 Å². The zero-order chi connectivity index (χ0) is 15.2. The molecule has 0 bridgehead atoms. The maximum atomic E-state index is 12.2. The molecular formula is C17H12ClNO2. The van der Waals surface area contributed by atoms with Gasteiger partial charge in [-0.1, -0.05) is 29.8 Å². The van der Waals surface area contributed by atoms with Gasteiger partial charge in [-0.15, -0.1) is 0 Å². The number of rotatable bonds is 4. The van der Waals surface area contributed by atoms with Crippen molar-refractivity contribution in [2.24, 2.45) is 0 Å². The molecule has 0 N–H and O–H groups in total. The highest BCUT2D eigenvalue weighted by molar-refractivity contribution is 6.31. The number of nitriles is 1. The van der Waals surface area contributed by atoms with Crippen molar-refractivity contribution < 1.29 is 9.53 Å². The topological polar surface area (TPSA) is 50.1 Å². The van der Waals surface area contributed by atoms with Crippen molar-refractivity contribution in [2.45, 2.75) is 0 Å².